The molecule has 0 spiro atoms. The van der Waals surface area contributed by atoms with Gasteiger partial charge >= 0.3 is 6.18 Å². The molecule has 12 heteroatoms. The lowest BCUT2D eigenvalue weighted by Gasteiger charge is -2.32. The van der Waals surface area contributed by atoms with Gasteiger partial charge in [-0.25, -0.2) is 9.67 Å². The number of alkyl halides is 3. The van der Waals surface area contributed by atoms with Gasteiger partial charge in [-0.3, -0.25) is 9.59 Å². The van der Waals surface area contributed by atoms with Gasteiger partial charge < -0.3 is 10.2 Å². The normalized spacial score (nSPS) is 17.3. The molecule has 1 atom stereocenters. The minimum atomic E-state index is -4.45. The van der Waals surface area contributed by atoms with E-state index in [9.17, 15) is 22.8 Å². The van der Waals surface area contributed by atoms with Crippen molar-refractivity contribution in [1.29, 1.82) is 0 Å². The molecule has 0 aliphatic carbocycles. The summed E-state index contributed by atoms with van der Waals surface area (Å²) in [5, 5.41) is 12.4. The fourth-order valence-corrected chi connectivity index (χ4v) is 4.20. The second-order valence-electron chi connectivity index (χ2n) is 7.00. The standard InChI is InChI=1S/C18H17F3N6O2S/c1-10(28)22-17-23-14(9-30-17)16(29)26-6-2-3-12(8-26)27-15-5-4-11(18(19,20)21)7-13(15)24-25-27/h4-5,7,9,12H,2-3,6,8H2,1H3,(H,22,23,28)/t12-/m1/s1. The van der Waals surface area contributed by atoms with Crippen LogP contribution >= 0.6 is 11.3 Å². The zero-order valence-electron chi connectivity index (χ0n) is 15.8. The first-order valence-electron chi connectivity index (χ1n) is 9.17. The number of carbonyl (C=O) groups excluding carboxylic acids is 2. The molecule has 1 aliphatic rings. The average molecular weight is 438 g/mol. The van der Waals surface area contributed by atoms with Crippen LogP contribution in [-0.4, -0.2) is 49.8 Å². The Morgan fingerprint density at radius 3 is 2.83 bits per heavy atom. The molecule has 2 aromatic heterocycles. The van der Waals surface area contributed by atoms with Crippen LogP contribution in [0.5, 0.6) is 0 Å². The minimum Gasteiger partial charge on any atom is -0.335 e. The van der Waals surface area contributed by atoms with Crippen LogP contribution in [0.25, 0.3) is 11.0 Å². The van der Waals surface area contributed by atoms with Gasteiger partial charge in [0.05, 0.1) is 17.1 Å². The number of carbonyl (C=O) groups is 2. The highest BCUT2D eigenvalue weighted by atomic mass is 32.1. The largest absolute Gasteiger partial charge is 0.416 e. The highest BCUT2D eigenvalue weighted by molar-refractivity contribution is 7.14. The molecule has 0 saturated carbocycles. The summed E-state index contributed by atoms with van der Waals surface area (Å²) < 4.78 is 40.4. The third-order valence-electron chi connectivity index (χ3n) is 4.83. The number of halogens is 3. The number of likely N-dealkylation sites (tertiary alicyclic amines) is 1. The summed E-state index contributed by atoms with van der Waals surface area (Å²) in [6.45, 7) is 2.23. The average Bonchev–Trinajstić information content (AvgIpc) is 3.32. The quantitative estimate of drug-likeness (QED) is 0.677. The van der Waals surface area contributed by atoms with Gasteiger partial charge in [-0.2, -0.15) is 13.2 Å². The molecular formula is C18H17F3N6O2S. The maximum atomic E-state index is 12.9. The van der Waals surface area contributed by atoms with Gasteiger partial charge in [0.1, 0.15) is 11.2 Å². The highest BCUT2D eigenvalue weighted by Gasteiger charge is 2.32. The number of hydrogen-bond donors (Lipinski definition) is 1. The monoisotopic (exact) mass is 438 g/mol. The number of fused-ring (bicyclic) bond motifs is 1. The van der Waals surface area contributed by atoms with Gasteiger partial charge in [-0.05, 0) is 31.0 Å². The Balaban J connectivity index is 1.53. The van der Waals surface area contributed by atoms with Crippen LogP contribution in [0, 0.1) is 0 Å². The number of nitrogens with zero attached hydrogens (tertiary/aromatic N) is 5. The number of thiazole rings is 1. The number of nitrogens with one attached hydrogen (secondary N) is 1. The second-order valence-corrected chi connectivity index (χ2v) is 7.86. The lowest BCUT2D eigenvalue weighted by Crippen LogP contribution is -2.41. The number of rotatable bonds is 3. The van der Waals surface area contributed by atoms with E-state index in [0.29, 0.717) is 30.2 Å². The van der Waals surface area contributed by atoms with E-state index in [2.05, 4.69) is 20.6 Å². The van der Waals surface area contributed by atoms with Crippen LogP contribution in [0.15, 0.2) is 23.6 Å². The molecule has 1 aliphatic heterocycles. The molecule has 1 fully saturated rings. The zero-order valence-corrected chi connectivity index (χ0v) is 16.6. The Bertz CT molecular complexity index is 1110. The van der Waals surface area contributed by atoms with Crippen molar-refractivity contribution in [1.82, 2.24) is 24.9 Å². The van der Waals surface area contributed by atoms with E-state index >= 15 is 0 Å². The van der Waals surface area contributed by atoms with Crippen molar-refractivity contribution in [2.75, 3.05) is 18.4 Å². The highest BCUT2D eigenvalue weighted by Crippen LogP contribution is 2.32. The van der Waals surface area contributed by atoms with Crippen molar-refractivity contribution in [3.8, 4) is 0 Å². The van der Waals surface area contributed by atoms with Crippen LogP contribution in [-0.2, 0) is 11.0 Å². The lowest BCUT2D eigenvalue weighted by molar-refractivity contribution is -0.137. The van der Waals surface area contributed by atoms with Crippen molar-refractivity contribution in [2.24, 2.45) is 0 Å². The minimum absolute atomic E-state index is 0.160. The summed E-state index contributed by atoms with van der Waals surface area (Å²) >= 11 is 1.16. The first-order valence-corrected chi connectivity index (χ1v) is 10.0. The smallest absolute Gasteiger partial charge is 0.335 e. The van der Waals surface area contributed by atoms with E-state index in [0.717, 1.165) is 29.9 Å². The van der Waals surface area contributed by atoms with E-state index in [1.807, 2.05) is 0 Å². The molecule has 30 heavy (non-hydrogen) atoms. The zero-order chi connectivity index (χ0) is 21.5. The Labute approximate surface area is 172 Å². The SMILES string of the molecule is CC(=O)Nc1nc(C(=O)N2CCC[C@@H](n3nnc4cc(C(F)(F)F)ccc43)C2)cs1. The Morgan fingerprint density at radius 1 is 1.30 bits per heavy atom. The van der Waals surface area contributed by atoms with Crippen molar-refractivity contribution < 1.29 is 22.8 Å². The molecule has 0 radical (unpaired) electrons. The Kier molecular flexibility index (Phi) is 5.18. The third-order valence-corrected chi connectivity index (χ3v) is 5.59. The Morgan fingerprint density at radius 2 is 2.10 bits per heavy atom. The third kappa shape index (κ3) is 3.99. The van der Waals surface area contributed by atoms with Crippen molar-refractivity contribution in [3.63, 3.8) is 0 Å². The molecule has 1 saturated heterocycles. The summed E-state index contributed by atoms with van der Waals surface area (Å²) in [7, 11) is 0. The number of anilines is 1. The van der Waals surface area contributed by atoms with E-state index in [4.69, 9.17) is 0 Å². The van der Waals surface area contributed by atoms with Gasteiger partial charge in [0.25, 0.3) is 5.91 Å². The summed E-state index contributed by atoms with van der Waals surface area (Å²) in [5.74, 6) is -0.538. The number of piperidine rings is 1. The molecule has 1 N–H and O–H groups in total. The molecule has 3 heterocycles. The molecule has 0 unspecified atom stereocenters. The van der Waals surface area contributed by atoms with Gasteiger partial charge in [0, 0.05) is 25.4 Å². The van der Waals surface area contributed by atoms with E-state index in [1.54, 1.807) is 15.0 Å². The van der Waals surface area contributed by atoms with Crippen LogP contribution < -0.4 is 5.32 Å². The molecule has 158 valence electrons. The topological polar surface area (TPSA) is 93.0 Å². The van der Waals surface area contributed by atoms with Crippen molar-refractivity contribution in [3.05, 3.63) is 34.8 Å². The van der Waals surface area contributed by atoms with Gasteiger partial charge in [0.2, 0.25) is 5.91 Å². The van der Waals surface area contributed by atoms with Gasteiger partial charge in [0.15, 0.2) is 5.13 Å². The van der Waals surface area contributed by atoms with Crippen LogP contribution in [0.1, 0.15) is 41.9 Å². The predicted octanol–water partition coefficient (Wildman–Crippen LogP) is 3.34. The van der Waals surface area contributed by atoms with Gasteiger partial charge in [-0.1, -0.05) is 5.21 Å². The number of aromatic nitrogens is 4. The number of hydrogen-bond acceptors (Lipinski definition) is 6. The molecular weight excluding hydrogens is 421 g/mol. The molecule has 8 nitrogen and oxygen atoms in total. The molecule has 3 aromatic rings. The summed E-state index contributed by atoms with van der Waals surface area (Å²) in [6.07, 6.45) is -3.02. The maximum absolute atomic E-state index is 12.9. The van der Waals surface area contributed by atoms with E-state index < -0.39 is 11.7 Å². The first kappa shape index (κ1) is 20.3. The van der Waals surface area contributed by atoms with E-state index in [1.165, 1.54) is 13.0 Å². The fraction of sp³-hybridized carbons (Fsp3) is 0.389. The van der Waals surface area contributed by atoms with Gasteiger partial charge in [-0.15, -0.1) is 16.4 Å². The molecule has 2 amide bonds. The number of amides is 2. The summed E-state index contributed by atoms with van der Waals surface area (Å²) in [5.41, 5.74) is 0.111. The number of benzene rings is 1. The maximum Gasteiger partial charge on any atom is 0.416 e. The lowest BCUT2D eigenvalue weighted by atomic mass is 10.0. The molecule has 1 aromatic carbocycles. The molecule has 0 bridgehead atoms. The first-order chi connectivity index (χ1) is 14.2. The molecule has 4 rings (SSSR count). The predicted molar refractivity (Wildman–Crippen MR) is 103 cm³/mol. The van der Waals surface area contributed by atoms with E-state index in [-0.39, 0.29) is 29.1 Å². The van der Waals surface area contributed by atoms with Crippen LogP contribution in [0.2, 0.25) is 0 Å². The van der Waals surface area contributed by atoms with Crippen molar-refractivity contribution in [2.45, 2.75) is 32.0 Å². The second kappa shape index (κ2) is 7.67. The fourth-order valence-electron chi connectivity index (χ4n) is 3.47. The summed E-state index contributed by atoms with van der Waals surface area (Å²) in [4.78, 5) is 29.7. The van der Waals surface area contributed by atoms with Crippen LogP contribution in [0.3, 0.4) is 0 Å². The van der Waals surface area contributed by atoms with Crippen LogP contribution in [0.4, 0.5) is 18.3 Å². The summed E-state index contributed by atoms with van der Waals surface area (Å²) in [6, 6.07) is 3.13. The van der Waals surface area contributed by atoms with Crippen molar-refractivity contribution >= 4 is 39.3 Å². The Hall–Kier alpha value is -3.02.